The van der Waals surface area contributed by atoms with Crippen molar-refractivity contribution in [3.63, 3.8) is 0 Å². The van der Waals surface area contributed by atoms with Gasteiger partial charge in [-0.2, -0.15) is 4.90 Å². The molecule has 0 aliphatic heterocycles. The normalized spacial score (nSPS) is 14.5. The van der Waals surface area contributed by atoms with Gasteiger partial charge < -0.3 is 20.8 Å². The van der Waals surface area contributed by atoms with Gasteiger partial charge >= 0.3 is 0 Å². The highest BCUT2D eigenvalue weighted by Crippen LogP contribution is 2.28. The first-order valence-electron chi connectivity index (χ1n) is 9.18. The number of carbonyl (C=O) groups excluding carboxylic acids is 1. The van der Waals surface area contributed by atoms with Crippen molar-refractivity contribution >= 4 is 74.4 Å². The van der Waals surface area contributed by atoms with E-state index in [-0.39, 0.29) is 27.2 Å². The van der Waals surface area contributed by atoms with Crippen molar-refractivity contribution in [1.82, 2.24) is 10.3 Å². The number of anilines is 1. The molecule has 0 saturated heterocycles. The van der Waals surface area contributed by atoms with Crippen LogP contribution in [0.25, 0.3) is 5.76 Å². The summed E-state index contributed by atoms with van der Waals surface area (Å²) < 4.78 is 0. The van der Waals surface area contributed by atoms with Crippen LogP contribution in [0.2, 0.25) is 10.0 Å². The third kappa shape index (κ3) is 6.20. The van der Waals surface area contributed by atoms with Gasteiger partial charge in [-0.25, -0.2) is 4.98 Å². The number of halogens is 2. The fourth-order valence-corrected chi connectivity index (χ4v) is 4.11. The summed E-state index contributed by atoms with van der Waals surface area (Å²) in [6, 6.07) is 4.43. The Morgan fingerprint density at radius 2 is 1.97 bits per heavy atom. The summed E-state index contributed by atoms with van der Waals surface area (Å²) in [5.41, 5.74) is 1.05. The molecule has 1 aliphatic carbocycles. The highest BCUT2D eigenvalue weighted by atomic mass is 35.5. The molecule has 3 rings (SSSR count). The Bertz CT molecular complexity index is 1280. The first-order chi connectivity index (χ1) is 15.7. The minimum atomic E-state index is -0.496. The predicted molar refractivity (Wildman–Crippen MR) is 136 cm³/mol. The van der Waals surface area contributed by atoms with E-state index in [9.17, 15) is 20.3 Å². The van der Waals surface area contributed by atoms with E-state index in [2.05, 4.69) is 15.6 Å². The molecule has 1 heterocycles. The minimum Gasteiger partial charge on any atom is -0.612 e. The van der Waals surface area contributed by atoms with Crippen LogP contribution in [0, 0.1) is 17.3 Å². The maximum atomic E-state index is 12.3. The van der Waals surface area contributed by atoms with E-state index in [1.807, 2.05) is 0 Å². The smallest absolute Gasteiger partial charge is 0.257 e. The van der Waals surface area contributed by atoms with Crippen LogP contribution < -0.4 is 10.6 Å². The number of thiazole rings is 1. The van der Waals surface area contributed by atoms with Crippen LogP contribution in [0.1, 0.15) is 20.9 Å². The predicted octanol–water partition coefficient (Wildman–Crippen LogP) is 5.29. The fraction of sp³-hybridized carbons (Fsp3) is 0.0476. The molecule has 3 N–H and O–H groups in total. The van der Waals surface area contributed by atoms with E-state index < -0.39 is 10.8 Å². The quantitative estimate of drug-likeness (QED) is 0.216. The van der Waals surface area contributed by atoms with Crippen LogP contribution >= 0.6 is 46.8 Å². The Morgan fingerprint density at radius 1 is 1.24 bits per heavy atom. The SMILES string of the molecule is Cc1nc(NC(=S)NC(=O)c2ccc(Cl)c(Cl)c2)sc1C(O)=CC=C1C=CC=CC1=[N+]([O-])[O-]. The third-order valence-corrected chi connectivity index (χ3v) is 6.25. The number of hydrogen-bond acceptors (Lipinski definition) is 7. The summed E-state index contributed by atoms with van der Waals surface area (Å²) in [5.74, 6) is -0.608. The maximum Gasteiger partial charge on any atom is 0.257 e. The third-order valence-electron chi connectivity index (χ3n) is 4.21. The monoisotopic (exact) mass is 521 g/mol. The lowest BCUT2D eigenvalue weighted by Crippen LogP contribution is -2.34. The average Bonchev–Trinajstić information content (AvgIpc) is 3.13. The van der Waals surface area contributed by atoms with Gasteiger partial charge in [0.25, 0.3) is 5.91 Å². The van der Waals surface area contributed by atoms with Crippen molar-refractivity contribution in [2.45, 2.75) is 6.92 Å². The van der Waals surface area contributed by atoms with Crippen LogP contribution in [-0.2, 0) is 0 Å². The highest BCUT2D eigenvalue weighted by Gasteiger charge is 2.15. The number of aliphatic hydroxyl groups is 1. The molecule has 8 nitrogen and oxygen atoms in total. The van der Waals surface area contributed by atoms with E-state index in [1.165, 1.54) is 36.4 Å². The number of nitrogens with one attached hydrogen (secondary N) is 2. The Kier molecular flexibility index (Phi) is 7.88. The van der Waals surface area contributed by atoms with Gasteiger partial charge in [0.1, 0.15) is 5.76 Å². The van der Waals surface area contributed by atoms with Crippen LogP contribution in [-0.4, -0.2) is 31.7 Å². The van der Waals surface area contributed by atoms with Gasteiger partial charge in [-0.15, -0.1) is 0 Å². The van der Waals surface area contributed by atoms with Crippen molar-refractivity contribution in [3.05, 3.63) is 96.8 Å². The number of aryl methyl sites for hydroxylation is 1. The standard InChI is InChI=1S/C21H15Cl2N4O4S2/c1-11-18(17(28)9-7-12-4-2-3-5-16(12)27(30)31)33-21(24-11)26-20(32)25-19(29)13-6-8-14(22)15(23)10-13/h2-10H,1H3,(H3-,24,25,26,28,29,30,31,32)/q-1. The lowest BCUT2D eigenvalue weighted by atomic mass is 10.0. The Balaban J connectivity index is 1.70. The van der Waals surface area contributed by atoms with Gasteiger partial charge in [0, 0.05) is 17.2 Å². The molecule has 1 amide bonds. The molecule has 1 aromatic carbocycles. The summed E-state index contributed by atoms with van der Waals surface area (Å²) in [6.45, 7) is 1.68. The first kappa shape index (κ1) is 24.5. The molecular weight excluding hydrogens is 507 g/mol. The fourth-order valence-electron chi connectivity index (χ4n) is 2.67. The molecule has 1 aliphatic rings. The van der Waals surface area contributed by atoms with E-state index in [1.54, 1.807) is 25.2 Å². The van der Waals surface area contributed by atoms with Gasteiger partial charge in [-0.3, -0.25) is 10.1 Å². The summed E-state index contributed by atoms with van der Waals surface area (Å²) in [5, 5.41) is 38.9. The second kappa shape index (κ2) is 10.6. The largest absolute Gasteiger partial charge is 0.612 e. The van der Waals surface area contributed by atoms with Gasteiger partial charge in [0.15, 0.2) is 10.2 Å². The molecule has 0 bridgehead atoms. The molecule has 33 heavy (non-hydrogen) atoms. The number of amides is 1. The molecule has 0 atom stereocenters. The van der Waals surface area contributed by atoms with Crippen LogP contribution in [0.15, 0.2) is 60.2 Å². The average molecular weight is 522 g/mol. The lowest BCUT2D eigenvalue weighted by Gasteiger charge is -2.10. The molecule has 170 valence electrons. The van der Waals surface area contributed by atoms with E-state index >= 15 is 0 Å². The molecular formula is C21H15Cl2N4O4S2-. The summed E-state index contributed by atoms with van der Waals surface area (Å²) in [6.07, 6.45) is 8.98. The molecule has 0 radical (unpaired) electrons. The van der Waals surface area contributed by atoms with Crippen LogP contribution in [0.3, 0.4) is 0 Å². The zero-order valence-corrected chi connectivity index (χ0v) is 20.0. The molecule has 0 unspecified atom stereocenters. The Morgan fingerprint density at radius 3 is 2.67 bits per heavy atom. The molecule has 0 fully saturated rings. The number of carbonyl (C=O) groups is 1. The summed E-state index contributed by atoms with van der Waals surface area (Å²) >= 11 is 18.0. The second-order valence-corrected chi connectivity index (χ2v) is 8.73. The van der Waals surface area contributed by atoms with Gasteiger partial charge in [0.2, 0.25) is 5.71 Å². The molecule has 0 saturated carbocycles. The summed E-state index contributed by atoms with van der Waals surface area (Å²) in [7, 11) is 0. The van der Waals surface area contributed by atoms with E-state index in [0.717, 1.165) is 11.3 Å². The highest BCUT2D eigenvalue weighted by molar-refractivity contribution is 7.80. The molecule has 2 aromatic rings. The molecule has 0 spiro atoms. The number of aromatic nitrogens is 1. The zero-order valence-electron chi connectivity index (χ0n) is 16.8. The molecule has 1 aromatic heterocycles. The Hall–Kier alpha value is -3.18. The first-order valence-corrected chi connectivity index (χ1v) is 11.2. The number of thiocarbonyl (C=S) groups is 1. The number of allylic oxidation sites excluding steroid dienone is 7. The van der Waals surface area contributed by atoms with Gasteiger partial charge in [-0.05, 0) is 55.6 Å². The second-order valence-electron chi connectivity index (χ2n) is 6.51. The van der Waals surface area contributed by atoms with E-state index in [4.69, 9.17) is 35.4 Å². The van der Waals surface area contributed by atoms with Crippen molar-refractivity contribution in [2.24, 2.45) is 0 Å². The van der Waals surface area contributed by atoms with Crippen LogP contribution in [0.5, 0.6) is 0 Å². The van der Waals surface area contributed by atoms with Gasteiger partial charge in [0.05, 0.1) is 20.6 Å². The minimum absolute atomic E-state index is 0.00122. The number of benzene rings is 1. The number of aliphatic hydroxyl groups excluding tert-OH is 1. The van der Waals surface area contributed by atoms with Crippen molar-refractivity contribution in [1.29, 1.82) is 0 Å². The molecule has 12 heteroatoms. The maximum absolute atomic E-state index is 12.3. The van der Waals surface area contributed by atoms with E-state index in [0.29, 0.717) is 26.3 Å². The van der Waals surface area contributed by atoms with Gasteiger partial charge in [-0.1, -0.05) is 46.7 Å². The number of rotatable bonds is 4. The zero-order chi connectivity index (χ0) is 24.1. The van der Waals surface area contributed by atoms with Crippen molar-refractivity contribution in [3.8, 4) is 0 Å². The summed E-state index contributed by atoms with van der Waals surface area (Å²) in [4.78, 5) is 16.6. The topological polar surface area (TPSA) is 123 Å². The Labute approximate surface area is 208 Å². The number of hydrogen-bond donors (Lipinski definition) is 3. The van der Waals surface area contributed by atoms with Crippen molar-refractivity contribution in [2.75, 3.05) is 5.32 Å². The van der Waals surface area contributed by atoms with Crippen molar-refractivity contribution < 1.29 is 14.8 Å². The lowest BCUT2D eigenvalue weighted by molar-refractivity contribution is -0.377. The number of nitrogens with zero attached hydrogens (tertiary/aromatic N) is 2. The van der Waals surface area contributed by atoms with Crippen LogP contribution in [0.4, 0.5) is 5.13 Å².